The van der Waals surface area contributed by atoms with Crippen LogP contribution in [0.25, 0.3) is 0 Å². The number of nitrogens with one attached hydrogen (secondary N) is 1. The van der Waals surface area contributed by atoms with Crippen molar-refractivity contribution in [3.63, 3.8) is 0 Å². The Morgan fingerprint density at radius 1 is 1.69 bits per heavy atom. The van der Waals surface area contributed by atoms with Crippen molar-refractivity contribution >= 4 is 34.3 Å². The molecule has 0 bridgehead atoms. The highest BCUT2D eigenvalue weighted by atomic mass is 127. The summed E-state index contributed by atoms with van der Waals surface area (Å²) < 4.78 is 14.2. The predicted octanol–water partition coefficient (Wildman–Crippen LogP) is 1.40. The summed E-state index contributed by atoms with van der Waals surface area (Å²) in [4.78, 5) is 16.7. The maximum absolute atomic E-state index is 13.5. The van der Waals surface area contributed by atoms with Crippen LogP contribution in [0.2, 0.25) is 0 Å². The number of amides is 1. The molecule has 0 saturated heterocycles. The van der Waals surface area contributed by atoms with E-state index < -0.39 is 0 Å². The van der Waals surface area contributed by atoms with Crippen LogP contribution in [-0.2, 0) is 4.79 Å². The Morgan fingerprint density at radius 2 is 2.38 bits per heavy atom. The van der Waals surface area contributed by atoms with E-state index in [0.29, 0.717) is 13.0 Å². The first-order valence-corrected chi connectivity index (χ1v) is 5.85. The van der Waals surface area contributed by atoms with Gasteiger partial charge in [-0.1, -0.05) is 0 Å². The van der Waals surface area contributed by atoms with Crippen molar-refractivity contribution < 1.29 is 9.18 Å². The van der Waals surface area contributed by atoms with Crippen molar-refractivity contribution in [3.8, 4) is 0 Å². The Bertz CT molecular complexity index is 386. The fourth-order valence-electron chi connectivity index (χ4n) is 1.19. The topological polar surface area (TPSA) is 45.2 Å². The van der Waals surface area contributed by atoms with Gasteiger partial charge in [-0.25, -0.2) is 9.37 Å². The first kappa shape index (κ1) is 13.1. The number of hydrogen-bond acceptors (Lipinski definition) is 3. The van der Waals surface area contributed by atoms with Crippen LogP contribution in [-0.4, -0.2) is 31.5 Å². The number of aromatic nitrogens is 1. The van der Waals surface area contributed by atoms with Gasteiger partial charge in [0, 0.05) is 36.8 Å². The molecule has 88 valence electrons. The number of halogens is 2. The van der Waals surface area contributed by atoms with Crippen LogP contribution in [0.5, 0.6) is 0 Å². The van der Waals surface area contributed by atoms with E-state index in [1.165, 1.54) is 6.07 Å². The highest BCUT2D eigenvalue weighted by Crippen LogP contribution is 2.16. The normalized spacial score (nSPS) is 10.0. The van der Waals surface area contributed by atoms with Gasteiger partial charge in [-0.3, -0.25) is 4.79 Å². The number of carbonyl (C=O) groups is 1. The number of rotatable bonds is 4. The fraction of sp³-hybridized carbons (Fsp3) is 0.400. The van der Waals surface area contributed by atoms with Crippen molar-refractivity contribution in [2.24, 2.45) is 0 Å². The largest absolute Gasteiger partial charge is 0.359 e. The van der Waals surface area contributed by atoms with Gasteiger partial charge in [0.15, 0.2) is 11.6 Å². The fourth-order valence-corrected chi connectivity index (χ4v) is 1.60. The van der Waals surface area contributed by atoms with Crippen molar-refractivity contribution in [3.05, 3.63) is 21.7 Å². The summed E-state index contributed by atoms with van der Waals surface area (Å²) in [6, 6.07) is 1.42. The molecule has 1 amide bonds. The van der Waals surface area contributed by atoms with E-state index in [9.17, 15) is 9.18 Å². The molecule has 4 nitrogen and oxygen atoms in total. The van der Waals surface area contributed by atoms with Crippen molar-refractivity contribution in [1.82, 2.24) is 10.3 Å². The minimum atomic E-state index is -0.369. The molecular weight excluding hydrogens is 324 g/mol. The van der Waals surface area contributed by atoms with Crippen LogP contribution in [0.3, 0.4) is 0 Å². The Kier molecular flexibility index (Phi) is 4.91. The van der Waals surface area contributed by atoms with Gasteiger partial charge in [0.2, 0.25) is 5.91 Å². The second-order valence-corrected chi connectivity index (χ2v) is 4.55. The molecule has 0 unspecified atom stereocenters. The Labute approximate surface area is 107 Å². The first-order chi connectivity index (χ1) is 7.54. The summed E-state index contributed by atoms with van der Waals surface area (Å²) in [5, 5.41) is 2.51. The molecule has 0 saturated carbocycles. The lowest BCUT2D eigenvalue weighted by atomic mass is 10.3. The Balaban J connectivity index is 2.65. The standard InChI is InChI=1S/C10H13FIN3O/c1-13-9(16)3-4-15(2)10-8(11)5-7(12)6-14-10/h5-6H,3-4H2,1-2H3,(H,13,16). The van der Waals surface area contributed by atoms with Gasteiger partial charge < -0.3 is 10.2 Å². The van der Waals surface area contributed by atoms with E-state index in [2.05, 4.69) is 10.3 Å². The van der Waals surface area contributed by atoms with Gasteiger partial charge in [0.05, 0.1) is 0 Å². The van der Waals surface area contributed by atoms with Crippen LogP contribution in [0, 0.1) is 9.39 Å². The smallest absolute Gasteiger partial charge is 0.221 e. The van der Waals surface area contributed by atoms with E-state index >= 15 is 0 Å². The second-order valence-electron chi connectivity index (χ2n) is 3.30. The van der Waals surface area contributed by atoms with E-state index in [4.69, 9.17) is 0 Å². The molecule has 16 heavy (non-hydrogen) atoms. The molecule has 0 aliphatic heterocycles. The van der Waals surface area contributed by atoms with Gasteiger partial charge in [-0.15, -0.1) is 0 Å². The minimum Gasteiger partial charge on any atom is -0.359 e. The number of anilines is 1. The lowest BCUT2D eigenvalue weighted by molar-refractivity contribution is -0.120. The molecule has 1 heterocycles. The molecule has 1 aromatic heterocycles. The summed E-state index contributed by atoms with van der Waals surface area (Å²) >= 11 is 2.00. The van der Waals surface area contributed by atoms with Crippen LogP contribution in [0.4, 0.5) is 10.2 Å². The summed E-state index contributed by atoms with van der Waals surface area (Å²) in [6.07, 6.45) is 1.91. The third kappa shape index (κ3) is 3.58. The predicted molar refractivity (Wildman–Crippen MR) is 68.9 cm³/mol. The summed E-state index contributed by atoms with van der Waals surface area (Å²) in [7, 11) is 3.28. The molecule has 1 rings (SSSR count). The molecule has 0 aliphatic carbocycles. The average Bonchev–Trinajstić information content (AvgIpc) is 2.25. The van der Waals surface area contributed by atoms with E-state index in [1.807, 2.05) is 22.6 Å². The van der Waals surface area contributed by atoms with Gasteiger partial charge in [0.1, 0.15) is 0 Å². The van der Waals surface area contributed by atoms with E-state index in [1.54, 1.807) is 25.2 Å². The number of nitrogens with zero attached hydrogens (tertiary/aromatic N) is 2. The molecule has 6 heteroatoms. The van der Waals surface area contributed by atoms with E-state index in [-0.39, 0.29) is 17.5 Å². The zero-order chi connectivity index (χ0) is 12.1. The average molecular weight is 337 g/mol. The monoisotopic (exact) mass is 337 g/mol. The van der Waals surface area contributed by atoms with Gasteiger partial charge in [-0.05, 0) is 28.7 Å². The molecule has 0 spiro atoms. The summed E-state index contributed by atoms with van der Waals surface area (Å²) in [5.74, 6) is -0.173. The zero-order valence-corrected chi connectivity index (χ0v) is 11.3. The van der Waals surface area contributed by atoms with Crippen LogP contribution in [0.1, 0.15) is 6.42 Å². The molecule has 0 atom stereocenters. The quantitative estimate of drug-likeness (QED) is 0.845. The van der Waals surface area contributed by atoms with Crippen molar-refractivity contribution in [2.75, 3.05) is 25.5 Å². The number of carbonyl (C=O) groups excluding carboxylic acids is 1. The lowest BCUT2D eigenvalue weighted by Crippen LogP contribution is -2.27. The third-order valence-electron chi connectivity index (χ3n) is 2.10. The van der Waals surface area contributed by atoms with Crippen LogP contribution >= 0.6 is 22.6 Å². The zero-order valence-electron chi connectivity index (χ0n) is 9.13. The van der Waals surface area contributed by atoms with Crippen molar-refractivity contribution in [1.29, 1.82) is 0 Å². The number of hydrogen-bond donors (Lipinski definition) is 1. The molecule has 1 N–H and O–H groups in total. The van der Waals surface area contributed by atoms with Crippen LogP contribution in [0.15, 0.2) is 12.3 Å². The summed E-state index contributed by atoms with van der Waals surface area (Å²) in [6.45, 7) is 0.435. The molecule has 1 aromatic rings. The van der Waals surface area contributed by atoms with Gasteiger partial charge >= 0.3 is 0 Å². The molecule has 0 aliphatic rings. The molecule has 0 radical (unpaired) electrons. The first-order valence-electron chi connectivity index (χ1n) is 4.77. The van der Waals surface area contributed by atoms with Gasteiger partial charge in [0.25, 0.3) is 0 Å². The maximum Gasteiger partial charge on any atom is 0.221 e. The van der Waals surface area contributed by atoms with Crippen molar-refractivity contribution in [2.45, 2.75) is 6.42 Å². The highest BCUT2D eigenvalue weighted by molar-refractivity contribution is 14.1. The summed E-state index contributed by atoms with van der Waals surface area (Å²) in [5.41, 5.74) is 0. The molecule has 0 aromatic carbocycles. The SMILES string of the molecule is CNC(=O)CCN(C)c1ncc(I)cc1F. The number of pyridine rings is 1. The Hall–Kier alpha value is -0.920. The highest BCUT2D eigenvalue weighted by Gasteiger charge is 2.10. The molecular formula is C10H13FIN3O. The van der Waals surface area contributed by atoms with Gasteiger partial charge in [-0.2, -0.15) is 0 Å². The Morgan fingerprint density at radius 3 is 2.94 bits per heavy atom. The third-order valence-corrected chi connectivity index (χ3v) is 2.69. The molecule has 0 fully saturated rings. The maximum atomic E-state index is 13.5. The second kappa shape index (κ2) is 5.97. The lowest BCUT2D eigenvalue weighted by Gasteiger charge is -2.18. The van der Waals surface area contributed by atoms with Crippen LogP contribution < -0.4 is 10.2 Å². The minimum absolute atomic E-state index is 0.0715. The van der Waals surface area contributed by atoms with E-state index in [0.717, 1.165) is 3.57 Å².